The van der Waals surface area contributed by atoms with Gasteiger partial charge < -0.3 is 9.84 Å². The van der Waals surface area contributed by atoms with Crippen molar-refractivity contribution in [3.05, 3.63) is 0 Å². The first-order valence-electron chi connectivity index (χ1n) is 4.09. The number of aliphatic hydroxyl groups is 1. The van der Waals surface area contributed by atoms with Crippen LogP contribution in [0.1, 0.15) is 41.0 Å². The number of hydrogen-bond acceptors (Lipinski definition) is 2. The van der Waals surface area contributed by atoms with Crippen LogP contribution in [0.4, 0.5) is 0 Å². The second-order valence-corrected chi connectivity index (χ2v) is 4.82. The molecule has 11 heavy (non-hydrogen) atoms. The van der Waals surface area contributed by atoms with Gasteiger partial charge in [0, 0.05) is 6.42 Å². The second kappa shape index (κ2) is 1.99. The van der Waals surface area contributed by atoms with Gasteiger partial charge in [0.1, 0.15) is 0 Å². The predicted molar refractivity (Wildman–Crippen MR) is 44.5 cm³/mol. The monoisotopic (exact) mass is 158 g/mol. The van der Waals surface area contributed by atoms with Crippen LogP contribution in [0.2, 0.25) is 0 Å². The van der Waals surface area contributed by atoms with Crippen LogP contribution in [0, 0.1) is 0 Å². The van der Waals surface area contributed by atoms with E-state index in [4.69, 9.17) is 4.74 Å². The Labute approximate surface area is 68.6 Å². The lowest BCUT2D eigenvalue weighted by atomic mass is 9.84. The molecule has 0 unspecified atom stereocenters. The molecule has 0 amide bonds. The lowest BCUT2D eigenvalue weighted by Gasteiger charge is -2.31. The largest absolute Gasteiger partial charge is 0.387 e. The molecule has 1 aliphatic heterocycles. The second-order valence-electron chi connectivity index (χ2n) is 4.82. The van der Waals surface area contributed by atoms with Crippen molar-refractivity contribution in [3.8, 4) is 0 Å². The fourth-order valence-corrected chi connectivity index (χ4v) is 1.88. The van der Waals surface area contributed by atoms with Crippen LogP contribution in [0.25, 0.3) is 0 Å². The fourth-order valence-electron chi connectivity index (χ4n) is 1.88. The maximum atomic E-state index is 9.93. The molecule has 1 aliphatic rings. The van der Waals surface area contributed by atoms with Crippen LogP contribution in [-0.2, 0) is 4.74 Å². The van der Waals surface area contributed by atoms with E-state index in [0.717, 1.165) is 0 Å². The Hall–Kier alpha value is -0.0800. The Morgan fingerprint density at radius 2 is 1.55 bits per heavy atom. The summed E-state index contributed by atoms with van der Waals surface area (Å²) in [5, 5.41) is 9.93. The van der Waals surface area contributed by atoms with Crippen molar-refractivity contribution in [2.45, 2.75) is 57.8 Å². The molecule has 2 heteroatoms. The maximum Gasteiger partial charge on any atom is 0.0930 e. The Balaban J connectivity index is 2.89. The Kier molecular flexibility index (Phi) is 1.63. The minimum Gasteiger partial charge on any atom is -0.387 e. The van der Waals surface area contributed by atoms with Gasteiger partial charge in [-0.3, -0.25) is 0 Å². The topological polar surface area (TPSA) is 29.5 Å². The van der Waals surface area contributed by atoms with E-state index in [0.29, 0.717) is 6.42 Å². The van der Waals surface area contributed by atoms with Crippen molar-refractivity contribution >= 4 is 0 Å². The predicted octanol–water partition coefficient (Wildman–Crippen LogP) is 1.71. The summed E-state index contributed by atoms with van der Waals surface area (Å²) in [6.07, 6.45) is 0.701. The molecule has 0 aromatic heterocycles. The van der Waals surface area contributed by atoms with Crippen LogP contribution in [-0.4, -0.2) is 21.9 Å². The van der Waals surface area contributed by atoms with E-state index >= 15 is 0 Å². The molecule has 1 heterocycles. The quantitative estimate of drug-likeness (QED) is 0.581. The molecule has 1 N–H and O–H groups in total. The zero-order valence-electron chi connectivity index (χ0n) is 8.06. The summed E-state index contributed by atoms with van der Waals surface area (Å²) in [4.78, 5) is 0. The molecule has 1 atom stereocenters. The van der Waals surface area contributed by atoms with Gasteiger partial charge in [-0.2, -0.15) is 0 Å². The Morgan fingerprint density at radius 1 is 1.09 bits per heavy atom. The molecule has 1 fully saturated rings. The van der Waals surface area contributed by atoms with Crippen molar-refractivity contribution in [2.24, 2.45) is 0 Å². The highest BCUT2D eigenvalue weighted by Gasteiger charge is 2.53. The highest BCUT2D eigenvalue weighted by Crippen LogP contribution is 2.44. The summed E-state index contributed by atoms with van der Waals surface area (Å²) >= 11 is 0. The maximum absolute atomic E-state index is 9.93. The average molecular weight is 158 g/mol. The standard InChI is InChI=1S/C9H18O2/c1-7(2)6-9(5,10)8(3,4)11-7/h10H,6H2,1-5H3/t9-/m1/s1. The molecule has 0 radical (unpaired) electrons. The van der Waals surface area contributed by atoms with Crippen LogP contribution in [0.3, 0.4) is 0 Å². The molecule has 2 nitrogen and oxygen atoms in total. The van der Waals surface area contributed by atoms with E-state index in [9.17, 15) is 5.11 Å². The van der Waals surface area contributed by atoms with E-state index in [-0.39, 0.29) is 5.60 Å². The lowest BCUT2D eigenvalue weighted by Crippen LogP contribution is -2.43. The van der Waals surface area contributed by atoms with E-state index in [1.807, 2.05) is 34.6 Å². The minimum absolute atomic E-state index is 0.188. The van der Waals surface area contributed by atoms with Crippen molar-refractivity contribution in [1.82, 2.24) is 0 Å². The van der Waals surface area contributed by atoms with Gasteiger partial charge >= 0.3 is 0 Å². The molecule has 0 saturated carbocycles. The molecule has 0 spiro atoms. The molecule has 1 saturated heterocycles. The SMILES string of the molecule is CC1(C)C[C@@](C)(O)C(C)(C)O1. The fraction of sp³-hybridized carbons (Fsp3) is 1.00. The summed E-state index contributed by atoms with van der Waals surface area (Å²) in [5.74, 6) is 0. The minimum atomic E-state index is -0.698. The highest BCUT2D eigenvalue weighted by molar-refractivity contribution is 5.03. The molecule has 0 bridgehead atoms. The average Bonchev–Trinajstić information content (AvgIpc) is 1.66. The summed E-state index contributed by atoms with van der Waals surface area (Å²) in [7, 11) is 0. The molecule has 0 aliphatic carbocycles. The molecular formula is C9H18O2. The van der Waals surface area contributed by atoms with Gasteiger partial charge in [-0.15, -0.1) is 0 Å². The third kappa shape index (κ3) is 1.42. The van der Waals surface area contributed by atoms with Crippen molar-refractivity contribution in [3.63, 3.8) is 0 Å². The highest BCUT2D eigenvalue weighted by atomic mass is 16.5. The van der Waals surface area contributed by atoms with Crippen molar-refractivity contribution in [1.29, 1.82) is 0 Å². The number of rotatable bonds is 0. The summed E-state index contributed by atoms with van der Waals surface area (Å²) < 4.78 is 5.70. The third-order valence-electron chi connectivity index (χ3n) is 2.60. The summed E-state index contributed by atoms with van der Waals surface area (Å²) in [5.41, 5.74) is -1.31. The van der Waals surface area contributed by atoms with Crippen LogP contribution in [0.5, 0.6) is 0 Å². The first-order chi connectivity index (χ1) is 4.66. The van der Waals surface area contributed by atoms with E-state index in [1.54, 1.807) is 0 Å². The molecule has 0 aromatic carbocycles. The normalized spacial score (nSPS) is 40.9. The van der Waals surface area contributed by atoms with Crippen LogP contribution >= 0.6 is 0 Å². The Morgan fingerprint density at radius 3 is 1.64 bits per heavy atom. The van der Waals surface area contributed by atoms with Crippen molar-refractivity contribution < 1.29 is 9.84 Å². The van der Waals surface area contributed by atoms with Gasteiger partial charge in [-0.1, -0.05) is 0 Å². The van der Waals surface area contributed by atoms with E-state index < -0.39 is 11.2 Å². The molecular weight excluding hydrogens is 140 g/mol. The lowest BCUT2D eigenvalue weighted by molar-refractivity contribution is -0.119. The van der Waals surface area contributed by atoms with Crippen molar-refractivity contribution in [2.75, 3.05) is 0 Å². The van der Waals surface area contributed by atoms with E-state index in [2.05, 4.69) is 0 Å². The zero-order valence-corrected chi connectivity index (χ0v) is 8.06. The summed E-state index contributed by atoms with van der Waals surface area (Å²) in [6.45, 7) is 9.72. The van der Waals surface area contributed by atoms with Gasteiger partial charge in [-0.25, -0.2) is 0 Å². The molecule has 1 rings (SSSR count). The Bertz CT molecular complexity index is 150. The molecule has 0 aromatic rings. The molecule has 66 valence electrons. The first kappa shape index (κ1) is 9.01. The number of hydrogen-bond donors (Lipinski definition) is 1. The van der Waals surface area contributed by atoms with Gasteiger partial charge in [0.05, 0.1) is 16.8 Å². The van der Waals surface area contributed by atoms with Crippen LogP contribution < -0.4 is 0 Å². The van der Waals surface area contributed by atoms with Crippen LogP contribution in [0.15, 0.2) is 0 Å². The zero-order chi connectivity index (χ0) is 8.91. The summed E-state index contributed by atoms with van der Waals surface area (Å²) in [6, 6.07) is 0. The van der Waals surface area contributed by atoms with Gasteiger partial charge in [0.25, 0.3) is 0 Å². The van der Waals surface area contributed by atoms with Gasteiger partial charge in [-0.05, 0) is 34.6 Å². The van der Waals surface area contributed by atoms with Gasteiger partial charge in [0.15, 0.2) is 0 Å². The number of ether oxygens (including phenoxy) is 1. The smallest absolute Gasteiger partial charge is 0.0930 e. The third-order valence-corrected chi connectivity index (χ3v) is 2.60. The van der Waals surface area contributed by atoms with Gasteiger partial charge in [0.2, 0.25) is 0 Å². The van der Waals surface area contributed by atoms with E-state index in [1.165, 1.54) is 0 Å². The first-order valence-corrected chi connectivity index (χ1v) is 4.09.